The van der Waals surface area contributed by atoms with Gasteiger partial charge in [-0.25, -0.2) is 4.98 Å². The number of hydrogen-bond acceptors (Lipinski definition) is 4. The van der Waals surface area contributed by atoms with E-state index in [1.807, 2.05) is 12.1 Å². The monoisotopic (exact) mass is 360 g/mol. The van der Waals surface area contributed by atoms with E-state index in [1.165, 1.54) is 24.0 Å². The lowest BCUT2D eigenvalue weighted by atomic mass is 9.90. The smallest absolute Gasteiger partial charge is 0.227 e. The van der Waals surface area contributed by atoms with E-state index >= 15 is 0 Å². The van der Waals surface area contributed by atoms with Gasteiger partial charge in [0.1, 0.15) is 11.9 Å². The summed E-state index contributed by atoms with van der Waals surface area (Å²) < 4.78 is 0. The van der Waals surface area contributed by atoms with E-state index in [9.17, 15) is 4.79 Å². The zero-order chi connectivity index (χ0) is 18.6. The normalized spacial score (nSPS) is 17.1. The molecule has 1 aliphatic carbocycles. The Morgan fingerprint density at radius 1 is 1.15 bits per heavy atom. The van der Waals surface area contributed by atoms with Crippen LogP contribution in [-0.2, 0) is 17.6 Å². The van der Waals surface area contributed by atoms with Crippen molar-refractivity contribution in [2.75, 3.05) is 23.3 Å². The molecule has 2 aliphatic rings. The number of fused-ring (bicyclic) bond motifs is 1. The largest absolute Gasteiger partial charge is 0.357 e. The second-order valence-corrected chi connectivity index (χ2v) is 7.42. The fraction of sp³-hybridized carbons (Fsp3) is 0.409. The third-order valence-corrected chi connectivity index (χ3v) is 5.72. The predicted molar refractivity (Wildman–Crippen MR) is 106 cm³/mol. The van der Waals surface area contributed by atoms with Gasteiger partial charge in [-0.3, -0.25) is 4.79 Å². The minimum absolute atomic E-state index is 0.0408. The number of hydrogen-bond donors (Lipinski definition) is 1. The summed E-state index contributed by atoms with van der Waals surface area (Å²) in [5, 5.41) is 12.1. The predicted octanol–water partition coefficient (Wildman–Crippen LogP) is 3.69. The Morgan fingerprint density at radius 3 is 2.70 bits per heavy atom. The minimum atomic E-state index is 0.0408. The van der Waals surface area contributed by atoms with Crippen LogP contribution >= 0.6 is 0 Å². The van der Waals surface area contributed by atoms with Crippen molar-refractivity contribution in [1.29, 1.82) is 5.26 Å². The first-order valence-electron chi connectivity index (χ1n) is 9.77. The molecule has 1 amide bonds. The van der Waals surface area contributed by atoms with Crippen molar-refractivity contribution in [3.8, 4) is 6.07 Å². The van der Waals surface area contributed by atoms with Crippen molar-refractivity contribution < 1.29 is 4.79 Å². The van der Waals surface area contributed by atoms with Gasteiger partial charge in [0.2, 0.25) is 5.91 Å². The lowest BCUT2D eigenvalue weighted by Gasteiger charge is -2.32. The Morgan fingerprint density at radius 2 is 1.96 bits per heavy atom. The van der Waals surface area contributed by atoms with E-state index in [4.69, 9.17) is 5.26 Å². The molecule has 1 aliphatic heterocycles. The Hall–Kier alpha value is -2.87. The summed E-state index contributed by atoms with van der Waals surface area (Å²) in [6.45, 7) is 1.62. The molecule has 1 N–H and O–H groups in total. The van der Waals surface area contributed by atoms with E-state index in [0.29, 0.717) is 5.56 Å². The van der Waals surface area contributed by atoms with Crippen molar-refractivity contribution in [1.82, 2.24) is 4.98 Å². The van der Waals surface area contributed by atoms with Crippen LogP contribution in [0.2, 0.25) is 0 Å². The Balaban J connectivity index is 1.37. The van der Waals surface area contributed by atoms with E-state index in [-0.39, 0.29) is 11.8 Å². The van der Waals surface area contributed by atoms with Crippen LogP contribution in [0.3, 0.4) is 0 Å². The number of aromatic nitrogens is 1. The third kappa shape index (κ3) is 3.80. The molecule has 138 valence electrons. The van der Waals surface area contributed by atoms with Gasteiger partial charge in [0.15, 0.2) is 0 Å². The van der Waals surface area contributed by atoms with Gasteiger partial charge in [-0.1, -0.05) is 12.1 Å². The van der Waals surface area contributed by atoms with E-state index < -0.39 is 0 Å². The van der Waals surface area contributed by atoms with Crippen LogP contribution in [0.5, 0.6) is 0 Å². The van der Waals surface area contributed by atoms with Crippen LogP contribution in [0.15, 0.2) is 36.5 Å². The summed E-state index contributed by atoms with van der Waals surface area (Å²) in [7, 11) is 0. The molecule has 0 spiro atoms. The standard InChI is InChI=1S/C22H24N4O/c23-14-16-8-9-21(24-15-16)26-12-10-18(11-13-26)22(27)25-20-7-3-5-17-4-1-2-6-19(17)20/h3,5,7-9,15,18H,1-2,4,6,10-13H2,(H,25,27). The molecule has 0 radical (unpaired) electrons. The van der Waals surface area contributed by atoms with Gasteiger partial charge in [-0.15, -0.1) is 0 Å². The number of carbonyl (C=O) groups is 1. The maximum atomic E-state index is 12.8. The number of piperidine rings is 1. The molecule has 0 saturated carbocycles. The van der Waals surface area contributed by atoms with Gasteiger partial charge < -0.3 is 10.2 Å². The van der Waals surface area contributed by atoms with Crippen LogP contribution in [0, 0.1) is 17.2 Å². The average Bonchev–Trinajstić information content (AvgIpc) is 2.74. The summed E-state index contributed by atoms with van der Waals surface area (Å²) in [5.41, 5.74) is 4.30. The second kappa shape index (κ2) is 7.79. The highest BCUT2D eigenvalue weighted by atomic mass is 16.1. The molecule has 1 saturated heterocycles. The fourth-order valence-electron chi connectivity index (χ4n) is 4.14. The van der Waals surface area contributed by atoms with Crippen LogP contribution in [0.4, 0.5) is 11.5 Å². The number of nitrogens with zero attached hydrogens (tertiary/aromatic N) is 3. The molecule has 0 atom stereocenters. The quantitative estimate of drug-likeness (QED) is 0.906. The summed E-state index contributed by atoms with van der Waals surface area (Å²) >= 11 is 0. The van der Waals surface area contributed by atoms with Crippen LogP contribution < -0.4 is 10.2 Å². The van der Waals surface area contributed by atoms with E-state index in [0.717, 1.165) is 50.3 Å². The number of nitriles is 1. The molecule has 5 nitrogen and oxygen atoms in total. The van der Waals surface area contributed by atoms with Gasteiger partial charge >= 0.3 is 0 Å². The van der Waals surface area contributed by atoms with E-state index in [2.05, 4.69) is 33.4 Å². The molecule has 1 fully saturated rings. The Kier molecular flexibility index (Phi) is 5.06. The Bertz CT molecular complexity index is 861. The molecule has 27 heavy (non-hydrogen) atoms. The van der Waals surface area contributed by atoms with Crippen LogP contribution in [0.25, 0.3) is 0 Å². The first-order valence-corrected chi connectivity index (χ1v) is 9.77. The molecule has 4 rings (SSSR count). The third-order valence-electron chi connectivity index (χ3n) is 5.72. The number of aryl methyl sites for hydroxylation is 1. The first kappa shape index (κ1) is 17.5. The Labute approximate surface area is 160 Å². The molecule has 1 aromatic carbocycles. The summed E-state index contributed by atoms with van der Waals surface area (Å²) in [6, 6.07) is 12.0. The molecular formula is C22H24N4O. The number of benzene rings is 1. The van der Waals surface area contributed by atoms with Gasteiger partial charge in [0, 0.05) is 30.9 Å². The molecule has 2 aromatic rings. The van der Waals surface area contributed by atoms with E-state index in [1.54, 1.807) is 12.3 Å². The molecule has 5 heteroatoms. The van der Waals surface area contributed by atoms with Gasteiger partial charge in [0.05, 0.1) is 5.56 Å². The SMILES string of the molecule is N#Cc1ccc(N2CCC(C(=O)Nc3cccc4c3CCCC4)CC2)nc1. The van der Waals surface area contributed by atoms with Crippen LogP contribution in [-0.4, -0.2) is 24.0 Å². The highest BCUT2D eigenvalue weighted by Crippen LogP contribution is 2.29. The highest BCUT2D eigenvalue weighted by molar-refractivity contribution is 5.93. The van der Waals surface area contributed by atoms with Crippen molar-refractivity contribution in [2.45, 2.75) is 38.5 Å². The van der Waals surface area contributed by atoms with Crippen molar-refractivity contribution in [3.63, 3.8) is 0 Å². The summed E-state index contributed by atoms with van der Waals surface area (Å²) in [6.07, 6.45) is 7.88. The lowest BCUT2D eigenvalue weighted by molar-refractivity contribution is -0.120. The lowest BCUT2D eigenvalue weighted by Crippen LogP contribution is -2.38. The molecule has 1 aromatic heterocycles. The fourth-order valence-corrected chi connectivity index (χ4v) is 4.14. The summed E-state index contributed by atoms with van der Waals surface area (Å²) in [4.78, 5) is 19.4. The minimum Gasteiger partial charge on any atom is -0.357 e. The number of nitrogens with one attached hydrogen (secondary N) is 1. The van der Waals surface area contributed by atoms with Gasteiger partial charge in [-0.05, 0) is 67.9 Å². The topological polar surface area (TPSA) is 69.0 Å². The zero-order valence-electron chi connectivity index (χ0n) is 15.4. The highest BCUT2D eigenvalue weighted by Gasteiger charge is 2.26. The molecule has 0 bridgehead atoms. The van der Waals surface area contributed by atoms with Crippen molar-refractivity contribution >= 4 is 17.4 Å². The second-order valence-electron chi connectivity index (χ2n) is 7.42. The molecular weight excluding hydrogens is 336 g/mol. The maximum Gasteiger partial charge on any atom is 0.227 e. The number of pyridine rings is 1. The van der Waals surface area contributed by atoms with Crippen molar-refractivity contribution in [3.05, 3.63) is 53.2 Å². The summed E-state index contributed by atoms with van der Waals surface area (Å²) in [5.74, 6) is 1.06. The van der Waals surface area contributed by atoms with Gasteiger partial charge in [0.25, 0.3) is 0 Å². The van der Waals surface area contributed by atoms with Crippen LogP contribution in [0.1, 0.15) is 42.4 Å². The first-order chi connectivity index (χ1) is 13.2. The number of carbonyl (C=O) groups excluding carboxylic acids is 1. The molecule has 2 heterocycles. The zero-order valence-corrected chi connectivity index (χ0v) is 15.4. The van der Waals surface area contributed by atoms with Crippen molar-refractivity contribution in [2.24, 2.45) is 5.92 Å². The number of amides is 1. The number of anilines is 2. The van der Waals surface area contributed by atoms with Gasteiger partial charge in [-0.2, -0.15) is 5.26 Å². The maximum absolute atomic E-state index is 12.8. The number of rotatable bonds is 3. The average molecular weight is 360 g/mol. The molecule has 0 unspecified atom stereocenters.